The molecule has 6 unspecified atom stereocenters. The SMILES string of the molecule is CC(C)CCC[C@@H](C)CCC[C@@H](C)CCC[C@]1(C)CCC2C(C)C(C)C(C)C(C)C2O1. The number of hydrogen-bond acceptors (Lipinski definition) is 1. The maximum atomic E-state index is 6.93. The van der Waals surface area contributed by atoms with Crippen LogP contribution in [0.1, 0.15) is 133 Å². The highest BCUT2D eigenvalue weighted by molar-refractivity contribution is 4.97. The summed E-state index contributed by atoms with van der Waals surface area (Å²) in [6.07, 6.45) is 15.7. The molecule has 31 heavy (non-hydrogen) atoms. The first-order valence-electron chi connectivity index (χ1n) is 14.2. The summed E-state index contributed by atoms with van der Waals surface area (Å²) in [6, 6.07) is 0. The molecule has 0 aromatic carbocycles. The van der Waals surface area contributed by atoms with E-state index in [2.05, 4.69) is 62.3 Å². The van der Waals surface area contributed by atoms with Crippen LogP contribution in [0.3, 0.4) is 0 Å². The number of hydrogen-bond donors (Lipinski definition) is 0. The van der Waals surface area contributed by atoms with E-state index in [1.54, 1.807) is 0 Å². The van der Waals surface area contributed by atoms with Crippen molar-refractivity contribution < 1.29 is 4.74 Å². The van der Waals surface area contributed by atoms with Gasteiger partial charge in [-0.3, -0.25) is 0 Å². The largest absolute Gasteiger partial charge is 0.371 e. The predicted molar refractivity (Wildman–Crippen MR) is 137 cm³/mol. The molecule has 1 aliphatic carbocycles. The topological polar surface area (TPSA) is 9.23 Å². The van der Waals surface area contributed by atoms with Gasteiger partial charge in [0, 0.05) is 0 Å². The van der Waals surface area contributed by atoms with Crippen LogP contribution in [0.25, 0.3) is 0 Å². The van der Waals surface area contributed by atoms with Gasteiger partial charge in [0.15, 0.2) is 0 Å². The molecule has 1 saturated heterocycles. The van der Waals surface area contributed by atoms with Crippen molar-refractivity contribution in [1.82, 2.24) is 0 Å². The first-order valence-corrected chi connectivity index (χ1v) is 14.2. The van der Waals surface area contributed by atoms with Gasteiger partial charge in [0.25, 0.3) is 0 Å². The van der Waals surface area contributed by atoms with Crippen LogP contribution in [0.15, 0.2) is 0 Å². The zero-order valence-corrected chi connectivity index (χ0v) is 22.9. The first-order chi connectivity index (χ1) is 14.5. The fourth-order valence-electron chi connectivity index (χ4n) is 6.80. The van der Waals surface area contributed by atoms with Crippen LogP contribution in [-0.2, 0) is 4.74 Å². The maximum Gasteiger partial charge on any atom is 0.0658 e. The minimum absolute atomic E-state index is 0.125. The van der Waals surface area contributed by atoms with Gasteiger partial charge in [0.2, 0.25) is 0 Å². The monoisotopic (exact) mass is 434 g/mol. The average Bonchev–Trinajstić information content (AvgIpc) is 2.70. The van der Waals surface area contributed by atoms with Crippen molar-refractivity contribution in [1.29, 1.82) is 0 Å². The number of fused-ring (bicyclic) bond motifs is 1. The van der Waals surface area contributed by atoms with E-state index in [1.165, 1.54) is 70.6 Å². The molecule has 1 nitrogen and oxygen atoms in total. The molecule has 184 valence electrons. The predicted octanol–water partition coefficient (Wildman–Crippen LogP) is 9.54. The van der Waals surface area contributed by atoms with E-state index in [-0.39, 0.29) is 5.60 Å². The van der Waals surface area contributed by atoms with Gasteiger partial charge in [0.1, 0.15) is 0 Å². The second-order valence-corrected chi connectivity index (χ2v) is 13.0. The second-order valence-electron chi connectivity index (χ2n) is 13.0. The van der Waals surface area contributed by atoms with Crippen molar-refractivity contribution in [2.45, 2.75) is 145 Å². The van der Waals surface area contributed by atoms with Crippen LogP contribution in [0.2, 0.25) is 0 Å². The summed E-state index contributed by atoms with van der Waals surface area (Å²) in [5.74, 6) is 6.58. The van der Waals surface area contributed by atoms with Gasteiger partial charge in [0.05, 0.1) is 11.7 Å². The fraction of sp³-hybridized carbons (Fsp3) is 1.00. The van der Waals surface area contributed by atoms with Gasteiger partial charge in [-0.1, -0.05) is 107 Å². The Hall–Kier alpha value is -0.0400. The van der Waals surface area contributed by atoms with Gasteiger partial charge >= 0.3 is 0 Å². The van der Waals surface area contributed by atoms with E-state index in [4.69, 9.17) is 4.74 Å². The lowest BCUT2D eigenvalue weighted by Gasteiger charge is -2.54. The molecular weight excluding hydrogens is 376 g/mol. The minimum Gasteiger partial charge on any atom is -0.371 e. The molecular formula is C30H58O. The van der Waals surface area contributed by atoms with Crippen molar-refractivity contribution in [3.8, 4) is 0 Å². The lowest BCUT2D eigenvalue weighted by molar-refractivity contribution is -0.205. The molecule has 0 bridgehead atoms. The lowest BCUT2D eigenvalue weighted by atomic mass is 9.60. The smallest absolute Gasteiger partial charge is 0.0658 e. The third-order valence-electron chi connectivity index (χ3n) is 9.81. The van der Waals surface area contributed by atoms with Gasteiger partial charge < -0.3 is 4.74 Å². The van der Waals surface area contributed by atoms with E-state index >= 15 is 0 Å². The summed E-state index contributed by atoms with van der Waals surface area (Å²) in [7, 11) is 0. The fourth-order valence-corrected chi connectivity index (χ4v) is 6.80. The molecule has 0 spiro atoms. The zero-order valence-electron chi connectivity index (χ0n) is 22.9. The van der Waals surface area contributed by atoms with Crippen LogP contribution < -0.4 is 0 Å². The molecule has 2 aliphatic rings. The molecule has 1 aliphatic heterocycles. The summed E-state index contributed by atoms with van der Waals surface area (Å²) < 4.78 is 6.93. The van der Waals surface area contributed by atoms with Crippen LogP contribution >= 0.6 is 0 Å². The Labute approximate surface area is 196 Å². The highest BCUT2D eigenvalue weighted by Crippen LogP contribution is 2.50. The van der Waals surface area contributed by atoms with Gasteiger partial charge in [-0.2, -0.15) is 0 Å². The minimum atomic E-state index is 0.125. The van der Waals surface area contributed by atoms with E-state index in [1.807, 2.05) is 0 Å². The van der Waals surface area contributed by atoms with Crippen LogP contribution in [0.4, 0.5) is 0 Å². The molecule has 0 radical (unpaired) electrons. The van der Waals surface area contributed by atoms with Crippen LogP contribution in [0, 0.1) is 47.3 Å². The van der Waals surface area contributed by atoms with Gasteiger partial charge in [-0.15, -0.1) is 0 Å². The van der Waals surface area contributed by atoms with Crippen molar-refractivity contribution in [2.75, 3.05) is 0 Å². The Balaban J connectivity index is 1.66. The highest BCUT2D eigenvalue weighted by Gasteiger charge is 2.49. The molecule has 2 rings (SSSR count). The maximum absolute atomic E-state index is 6.93. The Morgan fingerprint density at radius 3 is 1.81 bits per heavy atom. The average molecular weight is 435 g/mol. The summed E-state index contributed by atoms with van der Waals surface area (Å²) in [5.41, 5.74) is 0.125. The third-order valence-corrected chi connectivity index (χ3v) is 9.81. The molecule has 0 aromatic rings. The van der Waals surface area contributed by atoms with Gasteiger partial charge in [-0.05, 0) is 73.5 Å². The third kappa shape index (κ3) is 8.04. The second kappa shape index (κ2) is 12.4. The lowest BCUT2D eigenvalue weighted by Crippen LogP contribution is -2.54. The summed E-state index contributed by atoms with van der Waals surface area (Å²) in [5, 5.41) is 0. The van der Waals surface area contributed by atoms with Crippen molar-refractivity contribution >= 4 is 0 Å². The van der Waals surface area contributed by atoms with E-state index in [0.717, 1.165) is 41.4 Å². The highest BCUT2D eigenvalue weighted by atomic mass is 16.5. The Morgan fingerprint density at radius 1 is 0.710 bits per heavy atom. The first kappa shape index (κ1) is 27.2. The normalized spacial score (nSPS) is 38.1. The van der Waals surface area contributed by atoms with Crippen LogP contribution in [0.5, 0.6) is 0 Å². The summed E-state index contributed by atoms with van der Waals surface area (Å²) >= 11 is 0. The van der Waals surface area contributed by atoms with Crippen molar-refractivity contribution in [3.05, 3.63) is 0 Å². The standard InChI is InChI=1S/C30H58O/c1-21(2)13-10-14-22(3)15-11-16-23(4)17-12-19-30(9)20-18-28-26(7)24(5)25(6)27(8)29(28)31-30/h21-29H,10-20H2,1-9H3/t22-,23-,24?,25?,26?,27?,28?,29?,30-/m1/s1. The molecule has 9 atom stereocenters. The van der Waals surface area contributed by atoms with Crippen molar-refractivity contribution in [3.63, 3.8) is 0 Å². The molecule has 0 aromatic heterocycles. The van der Waals surface area contributed by atoms with Crippen LogP contribution in [-0.4, -0.2) is 11.7 Å². The molecule has 2 fully saturated rings. The molecule has 1 heterocycles. The quantitative estimate of drug-likeness (QED) is 0.297. The molecule has 0 N–H and O–H groups in total. The van der Waals surface area contributed by atoms with E-state index in [9.17, 15) is 0 Å². The number of rotatable bonds is 12. The molecule has 0 amide bonds. The number of ether oxygens (including phenoxy) is 1. The Kier molecular flexibility index (Phi) is 10.9. The van der Waals surface area contributed by atoms with Crippen molar-refractivity contribution in [2.24, 2.45) is 47.3 Å². The summed E-state index contributed by atoms with van der Waals surface area (Å²) in [6.45, 7) is 22.0. The van der Waals surface area contributed by atoms with E-state index < -0.39 is 0 Å². The Bertz CT molecular complexity index is 499. The zero-order chi connectivity index (χ0) is 23.2. The van der Waals surface area contributed by atoms with Gasteiger partial charge in [-0.25, -0.2) is 0 Å². The molecule has 1 saturated carbocycles. The molecule has 1 heteroatoms. The summed E-state index contributed by atoms with van der Waals surface area (Å²) in [4.78, 5) is 0. The van der Waals surface area contributed by atoms with E-state index in [0.29, 0.717) is 12.0 Å². The Morgan fingerprint density at radius 2 is 1.23 bits per heavy atom.